The number of hydrogen-bond donors (Lipinski definition) is 1. The largest absolute Gasteiger partial charge is 0.308 e. The van der Waals surface area contributed by atoms with Gasteiger partial charge in [-0.2, -0.15) is 0 Å². The van der Waals surface area contributed by atoms with E-state index in [1.165, 1.54) is 0 Å². The van der Waals surface area contributed by atoms with Gasteiger partial charge < -0.3 is 5.32 Å². The Labute approximate surface area is 109 Å². The summed E-state index contributed by atoms with van der Waals surface area (Å²) in [5, 5.41) is 16.9. The maximum absolute atomic E-state index is 4.42. The van der Waals surface area contributed by atoms with Gasteiger partial charge in [0.15, 0.2) is 5.01 Å². The second-order valence-corrected chi connectivity index (χ2v) is 5.94. The summed E-state index contributed by atoms with van der Waals surface area (Å²) in [5.74, 6) is 0. The summed E-state index contributed by atoms with van der Waals surface area (Å²) < 4.78 is 0. The van der Waals surface area contributed by atoms with Crippen LogP contribution in [-0.4, -0.2) is 21.7 Å². The molecule has 0 saturated heterocycles. The molecule has 0 aliphatic heterocycles. The predicted octanol–water partition coefficient (Wildman–Crippen LogP) is 3.03. The van der Waals surface area contributed by atoms with Crippen LogP contribution in [0.4, 0.5) is 0 Å². The van der Waals surface area contributed by atoms with Crippen molar-refractivity contribution in [2.24, 2.45) is 0 Å². The van der Waals surface area contributed by atoms with E-state index in [4.69, 9.17) is 0 Å². The fraction of sp³-hybridized carbons (Fsp3) is 0.545. The fourth-order valence-corrected chi connectivity index (χ4v) is 2.93. The Kier molecular flexibility index (Phi) is 4.20. The molecule has 1 atom stereocenters. The quantitative estimate of drug-likeness (QED) is 0.905. The lowest BCUT2D eigenvalue weighted by atomic mass is 10.3. The first-order chi connectivity index (χ1) is 8.20. The van der Waals surface area contributed by atoms with Gasteiger partial charge in [-0.3, -0.25) is 0 Å². The highest BCUT2D eigenvalue weighted by molar-refractivity contribution is 7.15. The Morgan fingerprint density at radius 3 is 2.88 bits per heavy atom. The summed E-state index contributed by atoms with van der Waals surface area (Å²) in [6.45, 7) is 7.28. The molecule has 2 heterocycles. The Bertz CT molecular complexity index is 477. The van der Waals surface area contributed by atoms with E-state index in [0.29, 0.717) is 0 Å². The molecule has 0 fully saturated rings. The van der Waals surface area contributed by atoms with Crippen molar-refractivity contribution in [1.29, 1.82) is 0 Å². The SMILES string of the molecule is CCCNC(C)c1nnc(-c2csc(C)n2)s1. The van der Waals surface area contributed by atoms with Crippen LogP contribution in [0.2, 0.25) is 0 Å². The molecule has 1 N–H and O–H groups in total. The van der Waals surface area contributed by atoms with Crippen LogP contribution < -0.4 is 5.32 Å². The molecule has 0 saturated carbocycles. The molecular formula is C11H16N4S2. The van der Waals surface area contributed by atoms with Gasteiger partial charge in [-0.1, -0.05) is 18.3 Å². The van der Waals surface area contributed by atoms with Crippen LogP contribution in [0.25, 0.3) is 10.7 Å². The number of nitrogens with one attached hydrogen (secondary N) is 1. The highest BCUT2D eigenvalue weighted by Crippen LogP contribution is 2.27. The molecule has 0 spiro atoms. The summed E-state index contributed by atoms with van der Waals surface area (Å²) in [5.41, 5.74) is 0.943. The van der Waals surface area contributed by atoms with Crippen LogP contribution >= 0.6 is 22.7 Å². The van der Waals surface area contributed by atoms with Gasteiger partial charge in [-0.05, 0) is 26.8 Å². The second-order valence-electron chi connectivity index (χ2n) is 3.87. The van der Waals surface area contributed by atoms with Crippen LogP contribution in [0.5, 0.6) is 0 Å². The zero-order valence-electron chi connectivity index (χ0n) is 10.2. The zero-order chi connectivity index (χ0) is 12.3. The molecule has 0 aromatic carbocycles. The first-order valence-electron chi connectivity index (χ1n) is 5.70. The summed E-state index contributed by atoms with van der Waals surface area (Å²) in [4.78, 5) is 4.42. The van der Waals surface area contributed by atoms with Crippen LogP contribution in [0.3, 0.4) is 0 Å². The third kappa shape index (κ3) is 3.08. The predicted molar refractivity (Wildman–Crippen MR) is 72.5 cm³/mol. The number of aryl methyl sites for hydroxylation is 1. The van der Waals surface area contributed by atoms with Gasteiger partial charge in [0.2, 0.25) is 0 Å². The normalized spacial score (nSPS) is 12.9. The van der Waals surface area contributed by atoms with Gasteiger partial charge in [0.05, 0.1) is 11.0 Å². The molecule has 92 valence electrons. The van der Waals surface area contributed by atoms with E-state index >= 15 is 0 Å². The van der Waals surface area contributed by atoms with Gasteiger partial charge in [0.25, 0.3) is 0 Å². The Morgan fingerprint density at radius 1 is 1.41 bits per heavy atom. The van der Waals surface area contributed by atoms with Crippen molar-refractivity contribution in [2.45, 2.75) is 33.2 Å². The number of aromatic nitrogens is 3. The van der Waals surface area contributed by atoms with Crippen LogP contribution in [0, 0.1) is 6.92 Å². The third-order valence-electron chi connectivity index (χ3n) is 2.35. The number of thiazole rings is 1. The van der Waals surface area contributed by atoms with E-state index in [1.807, 2.05) is 12.3 Å². The lowest BCUT2D eigenvalue weighted by Crippen LogP contribution is -2.18. The maximum atomic E-state index is 4.42. The highest BCUT2D eigenvalue weighted by Gasteiger charge is 2.13. The summed E-state index contributed by atoms with van der Waals surface area (Å²) in [7, 11) is 0. The van der Waals surface area contributed by atoms with Crippen molar-refractivity contribution in [3.05, 3.63) is 15.4 Å². The maximum Gasteiger partial charge on any atom is 0.167 e. The smallest absolute Gasteiger partial charge is 0.167 e. The standard InChI is InChI=1S/C11H16N4S2/c1-4-5-12-7(2)10-14-15-11(17-10)9-6-16-8(3)13-9/h6-7,12H,4-5H2,1-3H3. The molecule has 17 heavy (non-hydrogen) atoms. The average Bonchev–Trinajstić information content (AvgIpc) is 2.93. The summed E-state index contributed by atoms with van der Waals surface area (Å²) >= 11 is 3.26. The topological polar surface area (TPSA) is 50.7 Å². The van der Waals surface area contributed by atoms with Crippen molar-refractivity contribution < 1.29 is 0 Å². The van der Waals surface area contributed by atoms with E-state index in [9.17, 15) is 0 Å². The van der Waals surface area contributed by atoms with E-state index in [-0.39, 0.29) is 6.04 Å². The fourth-order valence-electron chi connectivity index (χ4n) is 1.42. The van der Waals surface area contributed by atoms with Gasteiger partial charge in [0.1, 0.15) is 10.7 Å². The minimum atomic E-state index is 0.265. The molecule has 0 amide bonds. The van der Waals surface area contributed by atoms with E-state index in [0.717, 1.165) is 33.7 Å². The van der Waals surface area contributed by atoms with E-state index in [2.05, 4.69) is 34.3 Å². The molecule has 0 bridgehead atoms. The molecule has 0 aliphatic rings. The zero-order valence-corrected chi connectivity index (χ0v) is 11.9. The number of rotatable bonds is 5. The molecule has 2 aromatic rings. The van der Waals surface area contributed by atoms with Gasteiger partial charge >= 0.3 is 0 Å². The average molecular weight is 268 g/mol. The summed E-state index contributed by atoms with van der Waals surface area (Å²) in [6.07, 6.45) is 1.13. The molecular weight excluding hydrogens is 252 g/mol. The van der Waals surface area contributed by atoms with E-state index in [1.54, 1.807) is 22.7 Å². The van der Waals surface area contributed by atoms with Crippen molar-refractivity contribution >= 4 is 22.7 Å². The number of hydrogen-bond acceptors (Lipinski definition) is 6. The van der Waals surface area contributed by atoms with Crippen molar-refractivity contribution in [2.75, 3.05) is 6.54 Å². The van der Waals surface area contributed by atoms with Crippen LogP contribution in [-0.2, 0) is 0 Å². The first-order valence-corrected chi connectivity index (χ1v) is 7.39. The minimum Gasteiger partial charge on any atom is -0.308 e. The molecule has 2 rings (SSSR count). The Balaban J connectivity index is 2.10. The second kappa shape index (κ2) is 5.66. The number of nitrogens with zero attached hydrogens (tertiary/aromatic N) is 3. The summed E-state index contributed by atoms with van der Waals surface area (Å²) in [6, 6.07) is 0.265. The van der Waals surface area contributed by atoms with Crippen molar-refractivity contribution in [1.82, 2.24) is 20.5 Å². The molecule has 0 aliphatic carbocycles. The molecule has 2 aromatic heterocycles. The highest BCUT2D eigenvalue weighted by atomic mass is 32.1. The van der Waals surface area contributed by atoms with Gasteiger partial charge in [0, 0.05) is 5.38 Å². The Morgan fingerprint density at radius 2 is 2.24 bits per heavy atom. The van der Waals surface area contributed by atoms with Crippen LogP contribution in [0.15, 0.2) is 5.38 Å². The van der Waals surface area contributed by atoms with E-state index < -0.39 is 0 Å². The monoisotopic (exact) mass is 268 g/mol. The lowest BCUT2D eigenvalue weighted by Gasteiger charge is -2.08. The minimum absolute atomic E-state index is 0.265. The van der Waals surface area contributed by atoms with Crippen LogP contribution in [0.1, 0.15) is 36.3 Å². The molecule has 0 radical (unpaired) electrons. The Hall–Kier alpha value is -0.850. The molecule has 1 unspecified atom stereocenters. The van der Waals surface area contributed by atoms with Crippen molar-refractivity contribution in [3.63, 3.8) is 0 Å². The van der Waals surface area contributed by atoms with Gasteiger partial charge in [-0.25, -0.2) is 4.98 Å². The molecule has 4 nitrogen and oxygen atoms in total. The third-order valence-corrected chi connectivity index (χ3v) is 4.25. The van der Waals surface area contributed by atoms with Crippen molar-refractivity contribution in [3.8, 4) is 10.7 Å². The first kappa shape index (κ1) is 12.6. The van der Waals surface area contributed by atoms with Gasteiger partial charge in [-0.15, -0.1) is 21.5 Å². The lowest BCUT2D eigenvalue weighted by molar-refractivity contribution is 0.564. The molecule has 6 heteroatoms.